The van der Waals surface area contributed by atoms with Crippen molar-refractivity contribution in [3.63, 3.8) is 0 Å². The molecule has 0 spiro atoms. The van der Waals surface area contributed by atoms with Crippen LogP contribution in [0.1, 0.15) is 12.8 Å². The number of ether oxygens (including phenoxy) is 2. The minimum absolute atomic E-state index is 0.261. The van der Waals surface area contributed by atoms with E-state index in [1.165, 1.54) is 7.11 Å². The first kappa shape index (κ1) is 17.3. The summed E-state index contributed by atoms with van der Waals surface area (Å²) < 4.78 is 9.97. The molecule has 0 heterocycles. The van der Waals surface area contributed by atoms with Crippen LogP contribution >= 0.6 is 11.6 Å². The minimum Gasteiger partial charge on any atom is -0.495 e. The lowest BCUT2D eigenvalue weighted by Gasteiger charge is -2.10. The fourth-order valence-electron chi connectivity index (χ4n) is 1.62. The summed E-state index contributed by atoms with van der Waals surface area (Å²) in [5.41, 5.74) is 0.433. The molecule has 0 saturated carbocycles. The second kappa shape index (κ2) is 9.20. The molecular weight excluding hydrogens is 296 g/mol. The quantitative estimate of drug-likeness (QED) is 0.567. The molecule has 0 aromatic heterocycles. The van der Waals surface area contributed by atoms with E-state index in [9.17, 15) is 9.59 Å². The smallest absolute Gasteiger partial charge is 0.233 e. The topological polar surface area (TPSA) is 76.7 Å². The van der Waals surface area contributed by atoms with Gasteiger partial charge >= 0.3 is 0 Å². The van der Waals surface area contributed by atoms with Crippen molar-refractivity contribution in [1.29, 1.82) is 0 Å². The molecule has 2 amide bonds. The molecule has 1 aromatic carbocycles. The lowest BCUT2D eigenvalue weighted by Crippen LogP contribution is -2.29. The molecule has 7 heteroatoms. The molecule has 116 valence electrons. The van der Waals surface area contributed by atoms with Gasteiger partial charge in [0.15, 0.2) is 0 Å². The fraction of sp³-hybridized carbons (Fsp3) is 0.429. The lowest BCUT2D eigenvalue weighted by molar-refractivity contribution is -0.126. The van der Waals surface area contributed by atoms with Crippen LogP contribution in [0.15, 0.2) is 18.2 Å². The molecule has 0 radical (unpaired) electrons. The maximum absolute atomic E-state index is 11.8. The number of amides is 2. The summed E-state index contributed by atoms with van der Waals surface area (Å²) in [5, 5.41) is 5.71. The van der Waals surface area contributed by atoms with Crippen LogP contribution in [0.25, 0.3) is 0 Å². The Labute approximate surface area is 128 Å². The van der Waals surface area contributed by atoms with Crippen LogP contribution in [0.2, 0.25) is 5.02 Å². The predicted molar refractivity (Wildman–Crippen MR) is 80.8 cm³/mol. The van der Waals surface area contributed by atoms with Crippen LogP contribution in [0, 0.1) is 0 Å². The molecular formula is C14H19ClN2O4. The number of carbonyl (C=O) groups excluding carboxylic acids is 2. The highest BCUT2D eigenvalue weighted by Gasteiger charge is 2.12. The number of hydrogen-bond donors (Lipinski definition) is 2. The number of anilines is 1. The molecule has 6 nitrogen and oxygen atoms in total. The zero-order valence-corrected chi connectivity index (χ0v) is 12.8. The van der Waals surface area contributed by atoms with Crippen LogP contribution in [-0.4, -0.2) is 39.2 Å². The Hall–Kier alpha value is -1.79. The molecule has 0 bridgehead atoms. The van der Waals surface area contributed by atoms with Gasteiger partial charge in [0, 0.05) is 25.3 Å². The molecule has 0 atom stereocenters. The first-order chi connectivity index (χ1) is 10.1. The van der Waals surface area contributed by atoms with E-state index < -0.39 is 5.91 Å². The average molecular weight is 315 g/mol. The van der Waals surface area contributed by atoms with E-state index in [0.717, 1.165) is 0 Å². The third kappa shape index (κ3) is 6.46. The number of methoxy groups -OCH3 is 2. The Kier molecular flexibility index (Phi) is 7.56. The number of hydrogen-bond acceptors (Lipinski definition) is 4. The monoisotopic (exact) mass is 314 g/mol. The number of benzene rings is 1. The summed E-state index contributed by atoms with van der Waals surface area (Å²) in [6.07, 6.45) is 0.439. The van der Waals surface area contributed by atoms with Crippen molar-refractivity contribution < 1.29 is 19.1 Å². The summed E-state index contributed by atoms with van der Waals surface area (Å²) in [6.45, 7) is 1.03. The van der Waals surface area contributed by atoms with Gasteiger partial charge in [-0.15, -0.1) is 0 Å². The van der Waals surface area contributed by atoms with Crippen molar-refractivity contribution in [2.75, 3.05) is 32.7 Å². The minimum atomic E-state index is -0.431. The Morgan fingerprint density at radius 1 is 1.24 bits per heavy atom. The highest BCUT2D eigenvalue weighted by Crippen LogP contribution is 2.27. The molecule has 0 fully saturated rings. The molecule has 1 aromatic rings. The van der Waals surface area contributed by atoms with Gasteiger partial charge in [0.05, 0.1) is 12.8 Å². The zero-order valence-electron chi connectivity index (χ0n) is 12.1. The Balaban J connectivity index is 2.46. The van der Waals surface area contributed by atoms with Gasteiger partial charge in [-0.25, -0.2) is 0 Å². The number of nitrogens with one attached hydrogen (secondary N) is 2. The predicted octanol–water partition coefficient (Wildman–Crippen LogP) is 1.83. The Bertz CT molecular complexity index is 494. The van der Waals surface area contributed by atoms with Crippen molar-refractivity contribution >= 4 is 29.1 Å². The summed E-state index contributed by atoms with van der Waals surface area (Å²) in [4.78, 5) is 23.4. The lowest BCUT2D eigenvalue weighted by atomic mass is 10.2. The van der Waals surface area contributed by atoms with Gasteiger partial charge < -0.3 is 20.1 Å². The number of carbonyl (C=O) groups is 2. The van der Waals surface area contributed by atoms with E-state index in [4.69, 9.17) is 21.1 Å². The second-order valence-electron chi connectivity index (χ2n) is 4.27. The van der Waals surface area contributed by atoms with E-state index in [-0.39, 0.29) is 12.3 Å². The standard InChI is InChI=1S/C14H19ClN2O4/c1-20-7-3-6-16-13(18)9-14(19)17-11-8-10(15)4-5-12(11)21-2/h4-5,8H,3,6-7,9H2,1-2H3,(H,16,18)(H,17,19). The molecule has 0 aliphatic heterocycles. The van der Waals surface area contributed by atoms with E-state index in [1.54, 1.807) is 25.3 Å². The van der Waals surface area contributed by atoms with Crippen LogP contribution < -0.4 is 15.4 Å². The van der Waals surface area contributed by atoms with Crippen molar-refractivity contribution in [3.05, 3.63) is 23.2 Å². The molecule has 0 aliphatic rings. The van der Waals surface area contributed by atoms with E-state index in [2.05, 4.69) is 10.6 Å². The van der Waals surface area contributed by atoms with E-state index in [0.29, 0.717) is 36.0 Å². The van der Waals surface area contributed by atoms with Crippen LogP contribution in [0.3, 0.4) is 0 Å². The summed E-state index contributed by atoms with van der Waals surface area (Å²) >= 11 is 5.86. The SMILES string of the molecule is COCCCNC(=O)CC(=O)Nc1cc(Cl)ccc1OC. The third-order valence-corrected chi connectivity index (χ3v) is 2.84. The van der Waals surface area contributed by atoms with Crippen molar-refractivity contribution in [2.45, 2.75) is 12.8 Å². The summed E-state index contributed by atoms with van der Waals surface area (Å²) in [5.74, 6) is -0.294. The number of halogens is 1. The highest BCUT2D eigenvalue weighted by molar-refractivity contribution is 6.31. The zero-order chi connectivity index (χ0) is 15.7. The molecule has 1 rings (SSSR count). The first-order valence-electron chi connectivity index (χ1n) is 6.46. The maximum atomic E-state index is 11.8. The van der Waals surface area contributed by atoms with Crippen LogP contribution in [0.5, 0.6) is 5.75 Å². The Morgan fingerprint density at radius 2 is 2.00 bits per heavy atom. The van der Waals surface area contributed by atoms with Crippen molar-refractivity contribution in [3.8, 4) is 5.75 Å². The van der Waals surface area contributed by atoms with Gasteiger partial charge in [0.25, 0.3) is 0 Å². The highest BCUT2D eigenvalue weighted by atomic mass is 35.5. The molecule has 21 heavy (non-hydrogen) atoms. The average Bonchev–Trinajstić information content (AvgIpc) is 2.43. The van der Waals surface area contributed by atoms with E-state index in [1.807, 2.05) is 0 Å². The molecule has 0 aliphatic carbocycles. The number of rotatable bonds is 8. The van der Waals surface area contributed by atoms with Gasteiger partial charge in [0.1, 0.15) is 12.2 Å². The van der Waals surface area contributed by atoms with Crippen LogP contribution in [0.4, 0.5) is 5.69 Å². The first-order valence-corrected chi connectivity index (χ1v) is 6.83. The van der Waals surface area contributed by atoms with Crippen LogP contribution in [-0.2, 0) is 14.3 Å². The van der Waals surface area contributed by atoms with Gasteiger partial charge in [-0.3, -0.25) is 9.59 Å². The van der Waals surface area contributed by atoms with Gasteiger partial charge in [-0.1, -0.05) is 11.6 Å². The Morgan fingerprint density at radius 3 is 2.67 bits per heavy atom. The van der Waals surface area contributed by atoms with E-state index >= 15 is 0 Å². The normalized spacial score (nSPS) is 10.0. The van der Waals surface area contributed by atoms with Gasteiger partial charge in [-0.05, 0) is 24.6 Å². The largest absolute Gasteiger partial charge is 0.495 e. The fourth-order valence-corrected chi connectivity index (χ4v) is 1.80. The third-order valence-electron chi connectivity index (χ3n) is 2.60. The molecule has 0 unspecified atom stereocenters. The van der Waals surface area contributed by atoms with Gasteiger partial charge in [-0.2, -0.15) is 0 Å². The second-order valence-corrected chi connectivity index (χ2v) is 4.70. The maximum Gasteiger partial charge on any atom is 0.233 e. The van der Waals surface area contributed by atoms with Crippen molar-refractivity contribution in [2.24, 2.45) is 0 Å². The van der Waals surface area contributed by atoms with Gasteiger partial charge in [0.2, 0.25) is 11.8 Å². The molecule has 2 N–H and O–H groups in total. The summed E-state index contributed by atoms with van der Waals surface area (Å²) in [6, 6.07) is 4.86. The van der Waals surface area contributed by atoms with Crippen molar-refractivity contribution in [1.82, 2.24) is 5.32 Å². The molecule has 0 saturated heterocycles. The summed E-state index contributed by atoms with van der Waals surface area (Å²) in [7, 11) is 3.08.